The molecule has 1 aromatic heterocycles. The molecule has 178 valence electrons. The molecule has 0 saturated carbocycles. The van der Waals surface area contributed by atoms with E-state index in [1.807, 2.05) is 76.2 Å². The van der Waals surface area contributed by atoms with Crippen molar-refractivity contribution in [1.29, 1.82) is 0 Å². The van der Waals surface area contributed by atoms with Gasteiger partial charge < -0.3 is 25.3 Å². The third-order valence-electron chi connectivity index (χ3n) is 6.18. The number of carbonyl (C=O) groups excluding carboxylic acids is 2. The first-order chi connectivity index (χ1) is 16.1. The summed E-state index contributed by atoms with van der Waals surface area (Å²) in [7, 11) is 1.65. The number of carbonyl (C=O) groups is 2. The SMILES string of the molecule is COc1ccc(-c2ccc(-c3c(C(N)=O)c4n(c3C)CCN(C(=O)NC(C)(C)C)C4)cc2)cc1. The zero-order chi connectivity index (χ0) is 24.6. The average Bonchev–Trinajstić information content (AvgIpc) is 3.10. The second-order valence-corrected chi connectivity index (χ2v) is 9.71. The fourth-order valence-corrected chi connectivity index (χ4v) is 4.55. The van der Waals surface area contributed by atoms with Gasteiger partial charge in [0.25, 0.3) is 5.91 Å². The van der Waals surface area contributed by atoms with Gasteiger partial charge in [0.15, 0.2) is 0 Å². The van der Waals surface area contributed by atoms with Gasteiger partial charge in [-0.05, 0) is 56.5 Å². The van der Waals surface area contributed by atoms with Gasteiger partial charge in [0.05, 0.1) is 24.9 Å². The second-order valence-electron chi connectivity index (χ2n) is 9.71. The van der Waals surface area contributed by atoms with Gasteiger partial charge in [-0.1, -0.05) is 36.4 Å². The van der Waals surface area contributed by atoms with E-state index >= 15 is 0 Å². The van der Waals surface area contributed by atoms with Gasteiger partial charge in [-0.2, -0.15) is 0 Å². The number of amides is 3. The number of primary amides is 1. The van der Waals surface area contributed by atoms with Crippen LogP contribution in [0, 0.1) is 6.92 Å². The Labute approximate surface area is 200 Å². The quantitative estimate of drug-likeness (QED) is 0.598. The van der Waals surface area contributed by atoms with E-state index in [0.29, 0.717) is 25.2 Å². The molecule has 3 aromatic rings. The highest BCUT2D eigenvalue weighted by atomic mass is 16.5. The molecule has 3 amide bonds. The Kier molecular flexibility index (Phi) is 6.13. The van der Waals surface area contributed by atoms with Gasteiger partial charge in [-0.3, -0.25) is 4.79 Å². The van der Waals surface area contributed by atoms with Crippen LogP contribution in [-0.2, 0) is 13.1 Å². The van der Waals surface area contributed by atoms with Crippen molar-refractivity contribution in [3.8, 4) is 28.0 Å². The molecular weight excluding hydrogens is 428 g/mol. The Morgan fingerprint density at radius 2 is 1.50 bits per heavy atom. The fourth-order valence-electron chi connectivity index (χ4n) is 4.55. The van der Waals surface area contributed by atoms with Gasteiger partial charge in [0.2, 0.25) is 0 Å². The molecule has 2 aromatic carbocycles. The lowest BCUT2D eigenvalue weighted by atomic mass is 9.97. The maximum Gasteiger partial charge on any atom is 0.318 e. The van der Waals surface area contributed by atoms with Crippen LogP contribution in [0.25, 0.3) is 22.3 Å². The smallest absolute Gasteiger partial charge is 0.318 e. The molecule has 7 nitrogen and oxygen atoms in total. The Hall–Kier alpha value is -3.74. The summed E-state index contributed by atoms with van der Waals surface area (Å²) in [4.78, 5) is 27.1. The summed E-state index contributed by atoms with van der Waals surface area (Å²) in [5.74, 6) is 0.330. The minimum atomic E-state index is -0.482. The average molecular weight is 461 g/mol. The van der Waals surface area contributed by atoms with Crippen LogP contribution in [-0.4, -0.2) is 40.6 Å². The first kappa shape index (κ1) is 23.4. The molecule has 0 saturated heterocycles. The minimum absolute atomic E-state index is 0.140. The van der Waals surface area contributed by atoms with Crippen LogP contribution in [0.15, 0.2) is 48.5 Å². The zero-order valence-electron chi connectivity index (χ0n) is 20.4. The number of hydrogen-bond acceptors (Lipinski definition) is 3. The normalized spacial score (nSPS) is 13.4. The Morgan fingerprint density at radius 1 is 0.941 bits per heavy atom. The zero-order valence-corrected chi connectivity index (χ0v) is 20.4. The molecule has 1 aliphatic heterocycles. The van der Waals surface area contributed by atoms with Crippen LogP contribution in [0.1, 0.15) is 42.5 Å². The molecule has 0 spiro atoms. The molecule has 1 aliphatic rings. The first-order valence-corrected chi connectivity index (χ1v) is 11.4. The van der Waals surface area contributed by atoms with Gasteiger partial charge >= 0.3 is 6.03 Å². The van der Waals surface area contributed by atoms with Crippen molar-refractivity contribution < 1.29 is 14.3 Å². The third kappa shape index (κ3) is 4.51. The molecule has 0 atom stereocenters. The van der Waals surface area contributed by atoms with Crippen LogP contribution < -0.4 is 15.8 Å². The molecule has 0 bridgehead atoms. The second kappa shape index (κ2) is 8.89. The van der Waals surface area contributed by atoms with Crippen LogP contribution in [0.4, 0.5) is 4.79 Å². The van der Waals surface area contributed by atoms with Crippen LogP contribution in [0.3, 0.4) is 0 Å². The first-order valence-electron chi connectivity index (χ1n) is 11.4. The number of rotatable bonds is 4. The van der Waals surface area contributed by atoms with Crippen molar-refractivity contribution in [2.45, 2.75) is 46.3 Å². The summed E-state index contributed by atoms with van der Waals surface area (Å²) >= 11 is 0. The predicted molar refractivity (Wildman–Crippen MR) is 134 cm³/mol. The Morgan fingerprint density at radius 3 is 2.03 bits per heavy atom. The summed E-state index contributed by atoms with van der Waals surface area (Å²) in [6.07, 6.45) is 0. The molecule has 2 heterocycles. The molecule has 0 unspecified atom stereocenters. The van der Waals surface area contributed by atoms with Crippen molar-refractivity contribution in [2.24, 2.45) is 5.73 Å². The van der Waals surface area contributed by atoms with Crippen LogP contribution in [0.5, 0.6) is 5.75 Å². The van der Waals surface area contributed by atoms with Crippen molar-refractivity contribution in [3.63, 3.8) is 0 Å². The number of nitrogens with two attached hydrogens (primary N) is 1. The summed E-state index contributed by atoms with van der Waals surface area (Å²) in [5.41, 5.74) is 11.7. The van der Waals surface area contributed by atoms with Gasteiger partial charge in [-0.25, -0.2) is 4.79 Å². The predicted octanol–water partition coefficient (Wildman–Crippen LogP) is 4.56. The van der Waals surface area contributed by atoms with Crippen molar-refractivity contribution in [3.05, 3.63) is 65.5 Å². The maximum atomic E-state index is 12.8. The van der Waals surface area contributed by atoms with Crippen molar-refractivity contribution in [2.75, 3.05) is 13.7 Å². The maximum absolute atomic E-state index is 12.8. The number of urea groups is 1. The molecule has 3 N–H and O–H groups in total. The number of benzene rings is 2. The van der Waals surface area contributed by atoms with Crippen molar-refractivity contribution in [1.82, 2.24) is 14.8 Å². The topological polar surface area (TPSA) is 89.6 Å². The van der Waals surface area contributed by atoms with Gasteiger partial charge in [0, 0.05) is 29.9 Å². The lowest BCUT2D eigenvalue weighted by Crippen LogP contribution is -2.50. The molecule has 4 rings (SSSR count). The van der Waals surface area contributed by atoms with E-state index in [1.165, 1.54) is 0 Å². The Bertz CT molecular complexity index is 1220. The van der Waals surface area contributed by atoms with Gasteiger partial charge in [0.1, 0.15) is 5.75 Å². The van der Waals surface area contributed by atoms with E-state index in [0.717, 1.165) is 39.4 Å². The van der Waals surface area contributed by atoms with E-state index in [4.69, 9.17) is 10.5 Å². The lowest BCUT2D eigenvalue weighted by Gasteiger charge is -2.32. The molecule has 0 aliphatic carbocycles. The van der Waals surface area contributed by atoms with E-state index in [-0.39, 0.29) is 11.6 Å². The molecule has 0 radical (unpaired) electrons. The third-order valence-corrected chi connectivity index (χ3v) is 6.18. The van der Waals surface area contributed by atoms with Gasteiger partial charge in [-0.15, -0.1) is 0 Å². The summed E-state index contributed by atoms with van der Waals surface area (Å²) in [6, 6.07) is 15.9. The highest BCUT2D eigenvalue weighted by Crippen LogP contribution is 2.36. The number of fused-ring (bicyclic) bond motifs is 1. The molecular formula is C27H32N4O3. The number of nitrogens with one attached hydrogen (secondary N) is 1. The van der Waals surface area contributed by atoms with Crippen LogP contribution >= 0.6 is 0 Å². The van der Waals surface area contributed by atoms with E-state index in [9.17, 15) is 9.59 Å². The number of hydrogen-bond donors (Lipinski definition) is 2. The van der Waals surface area contributed by atoms with E-state index in [1.54, 1.807) is 12.0 Å². The highest BCUT2D eigenvalue weighted by Gasteiger charge is 2.31. The summed E-state index contributed by atoms with van der Waals surface area (Å²) < 4.78 is 7.36. The summed E-state index contributed by atoms with van der Waals surface area (Å²) in [6.45, 7) is 9.37. The van der Waals surface area contributed by atoms with E-state index in [2.05, 4.69) is 9.88 Å². The van der Waals surface area contributed by atoms with E-state index < -0.39 is 5.91 Å². The molecule has 0 fully saturated rings. The highest BCUT2D eigenvalue weighted by molar-refractivity contribution is 6.02. The number of nitrogens with zero attached hydrogens (tertiary/aromatic N) is 2. The fraction of sp³-hybridized carbons (Fsp3) is 0.333. The number of ether oxygens (including phenoxy) is 1. The van der Waals surface area contributed by atoms with Crippen molar-refractivity contribution >= 4 is 11.9 Å². The number of methoxy groups -OCH3 is 1. The summed E-state index contributed by atoms with van der Waals surface area (Å²) in [5, 5.41) is 3.00. The largest absolute Gasteiger partial charge is 0.497 e. The minimum Gasteiger partial charge on any atom is -0.497 e. The monoisotopic (exact) mass is 460 g/mol. The van der Waals surface area contributed by atoms with Crippen LogP contribution in [0.2, 0.25) is 0 Å². The molecule has 34 heavy (non-hydrogen) atoms. The standard InChI is InChI=1S/C27H32N4O3/c1-17-23(20-8-6-18(7-9-20)19-10-12-21(34-5)13-11-19)24(25(28)32)22-16-30(14-15-31(17)22)26(33)29-27(2,3)4/h6-13H,14-16H2,1-5H3,(H2,28,32)(H,29,33). The number of aromatic nitrogens is 1. The molecule has 7 heteroatoms. The lowest BCUT2D eigenvalue weighted by molar-refractivity contribution is 0.0997. The Balaban J connectivity index is 1.68.